The summed E-state index contributed by atoms with van der Waals surface area (Å²) in [6, 6.07) is 8.99. The predicted molar refractivity (Wildman–Crippen MR) is 93.3 cm³/mol. The van der Waals surface area contributed by atoms with Gasteiger partial charge in [-0.05, 0) is 42.7 Å². The van der Waals surface area contributed by atoms with Crippen molar-refractivity contribution in [2.75, 3.05) is 7.11 Å². The molecule has 0 N–H and O–H groups in total. The summed E-state index contributed by atoms with van der Waals surface area (Å²) in [5, 5.41) is 0. The number of halogens is 1. The molecule has 124 valence electrons. The summed E-state index contributed by atoms with van der Waals surface area (Å²) in [5.41, 5.74) is 2.81. The number of rotatable bonds is 9. The minimum absolute atomic E-state index is 0.258. The molecular formula is C20H26FNO. The second kappa shape index (κ2) is 9.29. The average molecular weight is 315 g/mol. The van der Waals surface area contributed by atoms with Crippen LogP contribution in [0.15, 0.2) is 36.5 Å². The van der Waals surface area contributed by atoms with Crippen molar-refractivity contribution in [2.24, 2.45) is 0 Å². The molecule has 3 heteroatoms. The Morgan fingerprint density at radius 2 is 1.78 bits per heavy atom. The third-order valence-corrected chi connectivity index (χ3v) is 4.09. The Hall–Kier alpha value is -1.90. The Labute approximate surface area is 138 Å². The van der Waals surface area contributed by atoms with Gasteiger partial charge < -0.3 is 4.74 Å². The number of nitrogens with zero attached hydrogens (tertiary/aromatic N) is 1. The fraction of sp³-hybridized carbons (Fsp3) is 0.450. The average Bonchev–Trinajstić information content (AvgIpc) is 2.58. The monoisotopic (exact) mass is 315 g/mol. The molecule has 0 saturated heterocycles. The number of hydrogen-bond acceptors (Lipinski definition) is 2. The van der Waals surface area contributed by atoms with Crippen molar-refractivity contribution in [1.29, 1.82) is 0 Å². The Morgan fingerprint density at radius 1 is 1.00 bits per heavy atom. The lowest BCUT2D eigenvalue weighted by molar-refractivity contribution is 0.386. The van der Waals surface area contributed by atoms with Crippen LogP contribution in [0.3, 0.4) is 0 Å². The minimum atomic E-state index is -0.358. The van der Waals surface area contributed by atoms with Gasteiger partial charge in [0.05, 0.1) is 12.8 Å². The lowest BCUT2D eigenvalue weighted by atomic mass is 10.0. The molecule has 0 aliphatic rings. The molecular weight excluding hydrogens is 289 g/mol. The van der Waals surface area contributed by atoms with Crippen LogP contribution in [0.1, 0.15) is 51.0 Å². The number of methoxy groups -OCH3 is 1. The molecule has 2 rings (SSSR count). The number of aryl methyl sites for hydroxylation is 1. The molecule has 0 atom stereocenters. The predicted octanol–water partition coefficient (Wildman–Crippen LogP) is 5.80. The van der Waals surface area contributed by atoms with Gasteiger partial charge in [-0.1, -0.05) is 45.1 Å². The summed E-state index contributed by atoms with van der Waals surface area (Å²) in [7, 11) is 1.47. The highest BCUT2D eigenvalue weighted by Gasteiger charge is 2.06. The SMILES string of the molecule is CCCCCCCCc1ccc(-c2ccc(OC)c(F)c2)nc1. The van der Waals surface area contributed by atoms with Gasteiger partial charge in [-0.3, -0.25) is 4.98 Å². The van der Waals surface area contributed by atoms with Crippen LogP contribution in [0, 0.1) is 5.82 Å². The first-order valence-electron chi connectivity index (χ1n) is 8.53. The van der Waals surface area contributed by atoms with Crippen LogP contribution in [0.4, 0.5) is 4.39 Å². The van der Waals surface area contributed by atoms with Gasteiger partial charge in [0.15, 0.2) is 11.6 Å². The molecule has 0 radical (unpaired) electrons. The van der Waals surface area contributed by atoms with Crippen molar-refractivity contribution in [3.05, 3.63) is 47.9 Å². The quantitative estimate of drug-likeness (QED) is 0.546. The molecule has 1 aromatic heterocycles. The second-order valence-electron chi connectivity index (χ2n) is 5.92. The Morgan fingerprint density at radius 3 is 2.43 bits per heavy atom. The molecule has 2 aromatic rings. The van der Waals surface area contributed by atoms with E-state index in [1.165, 1.54) is 57.3 Å². The first kappa shape index (κ1) is 17.5. The molecule has 0 spiro atoms. The van der Waals surface area contributed by atoms with Gasteiger partial charge in [0.1, 0.15) is 0 Å². The zero-order valence-corrected chi connectivity index (χ0v) is 14.1. The summed E-state index contributed by atoms with van der Waals surface area (Å²) < 4.78 is 18.7. The standard InChI is InChI=1S/C20H26FNO/c1-3-4-5-6-7-8-9-16-10-12-19(22-15-16)17-11-13-20(23-2)18(21)14-17/h10-15H,3-9H2,1-2H3. The molecule has 0 aliphatic heterocycles. The fourth-order valence-corrected chi connectivity index (χ4v) is 2.68. The number of unbranched alkanes of at least 4 members (excludes halogenated alkanes) is 5. The molecule has 1 heterocycles. The van der Waals surface area contributed by atoms with Crippen molar-refractivity contribution in [1.82, 2.24) is 4.98 Å². The zero-order chi connectivity index (χ0) is 16.5. The summed E-state index contributed by atoms with van der Waals surface area (Å²) in [4.78, 5) is 4.47. The summed E-state index contributed by atoms with van der Waals surface area (Å²) in [5.74, 6) is -0.101. The van der Waals surface area contributed by atoms with Gasteiger partial charge in [-0.25, -0.2) is 4.39 Å². The highest BCUT2D eigenvalue weighted by molar-refractivity contribution is 5.60. The maximum absolute atomic E-state index is 13.8. The van der Waals surface area contributed by atoms with Crippen molar-refractivity contribution in [2.45, 2.75) is 51.9 Å². The van der Waals surface area contributed by atoms with Crippen molar-refractivity contribution >= 4 is 0 Å². The normalized spacial score (nSPS) is 10.7. The molecule has 23 heavy (non-hydrogen) atoms. The van der Waals surface area contributed by atoms with Crippen LogP contribution in [-0.4, -0.2) is 12.1 Å². The van der Waals surface area contributed by atoms with E-state index in [9.17, 15) is 4.39 Å². The Kier molecular flexibility index (Phi) is 7.05. The van der Waals surface area contributed by atoms with E-state index in [1.54, 1.807) is 6.07 Å². The number of hydrogen-bond donors (Lipinski definition) is 0. The highest BCUT2D eigenvalue weighted by atomic mass is 19.1. The fourth-order valence-electron chi connectivity index (χ4n) is 2.68. The smallest absolute Gasteiger partial charge is 0.165 e. The van der Waals surface area contributed by atoms with Crippen LogP contribution in [0.25, 0.3) is 11.3 Å². The van der Waals surface area contributed by atoms with Crippen LogP contribution in [-0.2, 0) is 6.42 Å². The van der Waals surface area contributed by atoms with Gasteiger partial charge >= 0.3 is 0 Å². The zero-order valence-electron chi connectivity index (χ0n) is 14.1. The van der Waals surface area contributed by atoms with Gasteiger partial charge in [-0.2, -0.15) is 0 Å². The van der Waals surface area contributed by atoms with Crippen molar-refractivity contribution in [3.63, 3.8) is 0 Å². The Balaban J connectivity index is 1.88. The highest BCUT2D eigenvalue weighted by Crippen LogP contribution is 2.24. The molecule has 0 saturated carbocycles. The molecule has 0 unspecified atom stereocenters. The lowest BCUT2D eigenvalue weighted by Gasteiger charge is -2.06. The maximum atomic E-state index is 13.8. The summed E-state index contributed by atoms with van der Waals surface area (Å²) >= 11 is 0. The first-order valence-corrected chi connectivity index (χ1v) is 8.53. The van der Waals surface area contributed by atoms with Crippen LogP contribution >= 0.6 is 0 Å². The van der Waals surface area contributed by atoms with E-state index in [4.69, 9.17) is 4.74 Å². The largest absolute Gasteiger partial charge is 0.494 e. The lowest BCUT2D eigenvalue weighted by Crippen LogP contribution is -1.92. The van der Waals surface area contributed by atoms with E-state index < -0.39 is 0 Å². The van der Waals surface area contributed by atoms with E-state index in [1.807, 2.05) is 18.3 Å². The van der Waals surface area contributed by atoms with E-state index in [2.05, 4.69) is 18.0 Å². The molecule has 1 aromatic carbocycles. The molecule has 0 aliphatic carbocycles. The second-order valence-corrected chi connectivity index (χ2v) is 5.92. The van der Waals surface area contributed by atoms with Gasteiger partial charge in [-0.15, -0.1) is 0 Å². The minimum Gasteiger partial charge on any atom is -0.494 e. The van der Waals surface area contributed by atoms with Crippen LogP contribution < -0.4 is 4.74 Å². The molecule has 0 fully saturated rings. The van der Waals surface area contributed by atoms with E-state index in [0.717, 1.165) is 17.7 Å². The van der Waals surface area contributed by atoms with E-state index in [0.29, 0.717) is 0 Å². The first-order chi connectivity index (χ1) is 11.2. The maximum Gasteiger partial charge on any atom is 0.165 e. The summed E-state index contributed by atoms with van der Waals surface area (Å²) in [6.45, 7) is 2.24. The third kappa shape index (κ3) is 5.34. The van der Waals surface area contributed by atoms with Crippen molar-refractivity contribution < 1.29 is 9.13 Å². The number of ether oxygens (including phenoxy) is 1. The topological polar surface area (TPSA) is 22.1 Å². The summed E-state index contributed by atoms with van der Waals surface area (Å²) in [6.07, 6.45) is 10.8. The number of aromatic nitrogens is 1. The molecule has 0 amide bonds. The van der Waals surface area contributed by atoms with Crippen LogP contribution in [0.5, 0.6) is 5.75 Å². The van der Waals surface area contributed by atoms with Gasteiger partial charge in [0, 0.05) is 11.8 Å². The molecule has 2 nitrogen and oxygen atoms in total. The Bertz CT molecular complexity index is 595. The number of pyridine rings is 1. The van der Waals surface area contributed by atoms with Gasteiger partial charge in [0.25, 0.3) is 0 Å². The molecule has 0 bridgehead atoms. The van der Waals surface area contributed by atoms with Crippen molar-refractivity contribution in [3.8, 4) is 17.0 Å². The van der Waals surface area contributed by atoms with Crippen LogP contribution in [0.2, 0.25) is 0 Å². The van der Waals surface area contributed by atoms with E-state index >= 15 is 0 Å². The third-order valence-electron chi connectivity index (χ3n) is 4.09. The number of benzene rings is 1. The van der Waals surface area contributed by atoms with Gasteiger partial charge in [0.2, 0.25) is 0 Å². The van der Waals surface area contributed by atoms with E-state index in [-0.39, 0.29) is 11.6 Å².